The first-order valence-electron chi connectivity index (χ1n) is 7.68. The molecule has 0 saturated heterocycles. The number of methoxy groups -OCH3 is 2. The van der Waals surface area contributed by atoms with Crippen molar-refractivity contribution < 1.29 is 14.3 Å². The van der Waals surface area contributed by atoms with Crippen LogP contribution in [0.5, 0.6) is 11.5 Å². The van der Waals surface area contributed by atoms with Crippen molar-refractivity contribution in [3.63, 3.8) is 0 Å². The van der Waals surface area contributed by atoms with Crippen molar-refractivity contribution in [2.45, 2.75) is 26.4 Å². The van der Waals surface area contributed by atoms with Crippen molar-refractivity contribution in [1.82, 2.24) is 20.2 Å². The van der Waals surface area contributed by atoms with Gasteiger partial charge in [0.2, 0.25) is 0 Å². The number of aryl methyl sites for hydroxylation is 1. The Labute approximate surface area is 142 Å². The maximum absolute atomic E-state index is 12.4. The minimum absolute atomic E-state index is 0.193. The molecule has 2 rings (SSSR count). The molecule has 7 heteroatoms. The lowest BCUT2D eigenvalue weighted by Gasteiger charge is -2.22. The number of carbonyl (C=O) groups is 1. The molecule has 0 unspecified atom stereocenters. The number of carbonyl (C=O) groups excluding carboxylic acids is 1. The Morgan fingerprint density at radius 1 is 1.38 bits per heavy atom. The number of hydrogen-bond donors (Lipinski definition) is 2. The molecule has 7 nitrogen and oxygen atoms in total. The van der Waals surface area contributed by atoms with E-state index in [1.165, 1.54) is 0 Å². The number of H-pyrrole nitrogens is 1. The molecule has 130 valence electrons. The second kappa shape index (κ2) is 7.72. The van der Waals surface area contributed by atoms with Crippen LogP contribution in [0.1, 0.15) is 30.0 Å². The average molecular weight is 332 g/mol. The molecule has 0 bridgehead atoms. The quantitative estimate of drug-likeness (QED) is 0.852. The van der Waals surface area contributed by atoms with Crippen LogP contribution in [0.15, 0.2) is 24.4 Å². The van der Waals surface area contributed by atoms with Gasteiger partial charge in [-0.15, -0.1) is 0 Å². The summed E-state index contributed by atoms with van der Waals surface area (Å²) in [5.74, 6) is 2.16. The number of urea groups is 1. The fraction of sp³-hybridized carbons (Fsp3) is 0.412. The van der Waals surface area contributed by atoms with Crippen LogP contribution >= 0.6 is 0 Å². The van der Waals surface area contributed by atoms with Crippen molar-refractivity contribution in [1.29, 1.82) is 0 Å². The lowest BCUT2D eigenvalue weighted by Crippen LogP contribution is -2.38. The fourth-order valence-electron chi connectivity index (χ4n) is 2.39. The van der Waals surface area contributed by atoms with E-state index in [2.05, 4.69) is 15.3 Å². The number of nitrogens with zero attached hydrogens (tertiary/aromatic N) is 2. The standard InChI is InChI=1S/C17H24N4O3/c1-11-9-18-16(19-11)10-21(3)17(22)20-12(2)14-8-13(23-4)6-7-15(14)24-5/h6-9,12H,10H2,1-5H3,(H,18,19)(H,20,22)/t12-/m0/s1. The zero-order valence-electron chi connectivity index (χ0n) is 14.7. The number of hydrogen-bond acceptors (Lipinski definition) is 4. The van der Waals surface area contributed by atoms with Crippen LogP contribution in [-0.4, -0.2) is 42.2 Å². The van der Waals surface area contributed by atoms with Crippen molar-refractivity contribution >= 4 is 6.03 Å². The van der Waals surface area contributed by atoms with Gasteiger partial charge in [0.25, 0.3) is 0 Å². The van der Waals surface area contributed by atoms with E-state index in [1.807, 2.05) is 32.0 Å². The highest BCUT2D eigenvalue weighted by atomic mass is 16.5. The van der Waals surface area contributed by atoms with Crippen LogP contribution in [0.25, 0.3) is 0 Å². The highest BCUT2D eigenvalue weighted by Gasteiger charge is 2.18. The van der Waals surface area contributed by atoms with Gasteiger partial charge in [-0.25, -0.2) is 9.78 Å². The van der Waals surface area contributed by atoms with Gasteiger partial charge >= 0.3 is 6.03 Å². The van der Waals surface area contributed by atoms with Crippen LogP contribution in [-0.2, 0) is 6.54 Å². The predicted octanol–water partition coefficient (Wildman–Crippen LogP) is 2.64. The van der Waals surface area contributed by atoms with Gasteiger partial charge < -0.3 is 24.7 Å². The summed E-state index contributed by atoms with van der Waals surface area (Å²) in [6.45, 7) is 4.23. The van der Waals surface area contributed by atoms with Gasteiger partial charge in [0.15, 0.2) is 0 Å². The third-order valence-electron chi connectivity index (χ3n) is 3.73. The molecule has 0 spiro atoms. The summed E-state index contributed by atoms with van der Waals surface area (Å²) >= 11 is 0. The molecule has 0 fully saturated rings. The monoisotopic (exact) mass is 332 g/mol. The molecule has 2 aromatic rings. The van der Waals surface area contributed by atoms with Crippen molar-refractivity contribution in [3.8, 4) is 11.5 Å². The molecule has 24 heavy (non-hydrogen) atoms. The summed E-state index contributed by atoms with van der Waals surface area (Å²) in [5, 5.41) is 2.96. The molecule has 0 aliphatic rings. The van der Waals surface area contributed by atoms with Crippen LogP contribution in [0, 0.1) is 6.92 Å². The Morgan fingerprint density at radius 2 is 2.12 bits per heavy atom. The first-order valence-corrected chi connectivity index (χ1v) is 7.68. The summed E-state index contributed by atoms with van der Waals surface area (Å²) < 4.78 is 10.6. The zero-order chi connectivity index (χ0) is 17.7. The Bertz CT molecular complexity index is 699. The number of nitrogens with one attached hydrogen (secondary N) is 2. The normalized spacial score (nSPS) is 11.7. The number of aromatic nitrogens is 2. The predicted molar refractivity (Wildman–Crippen MR) is 91.3 cm³/mol. The van der Waals surface area contributed by atoms with E-state index >= 15 is 0 Å². The summed E-state index contributed by atoms with van der Waals surface area (Å²) in [4.78, 5) is 21.3. The number of benzene rings is 1. The molecule has 2 N–H and O–H groups in total. The molecule has 1 heterocycles. The number of aromatic amines is 1. The molecular formula is C17H24N4O3. The number of imidazole rings is 1. The Morgan fingerprint density at radius 3 is 2.71 bits per heavy atom. The summed E-state index contributed by atoms with van der Waals surface area (Å²) in [6, 6.07) is 5.08. The Kier molecular flexibility index (Phi) is 5.68. The van der Waals surface area contributed by atoms with Crippen molar-refractivity contribution in [3.05, 3.63) is 41.5 Å². The summed E-state index contributed by atoms with van der Waals surface area (Å²) in [6.07, 6.45) is 1.74. The molecule has 1 aromatic heterocycles. The smallest absolute Gasteiger partial charge is 0.318 e. The second-order valence-corrected chi connectivity index (χ2v) is 5.65. The third-order valence-corrected chi connectivity index (χ3v) is 3.73. The Hall–Kier alpha value is -2.70. The Balaban J connectivity index is 2.05. The molecule has 1 aromatic carbocycles. The molecule has 0 saturated carbocycles. The first-order chi connectivity index (χ1) is 11.4. The molecular weight excluding hydrogens is 308 g/mol. The molecule has 0 radical (unpaired) electrons. The highest BCUT2D eigenvalue weighted by Crippen LogP contribution is 2.29. The van der Waals surface area contributed by atoms with Crippen LogP contribution in [0.3, 0.4) is 0 Å². The average Bonchev–Trinajstić information content (AvgIpc) is 2.98. The van der Waals surface area contributed by atoms with Gasteiger partial charge in [0.1, 0.15) is 17.3 Å². The summed E-state index contributed by atoms with van der Waals surface area (Å²) in [7, 11) is 4.93. The number of amides is 2. The summed E-state index contributed by atoms with van der Waals surface area (Å²) in [5.41, 5.74) is 1.82. The zero-order valence-corrected chi connectivity index (χ0v) is 14.7. The molecule has 0 aliphatic carbocycles. The molecule has 2 amide bonds. The topological polar surface area (TPSA) is 79.5 Å². The van der Waals surface area contributed by atoms with E-state index in [9.17, 15) is 4.79 Å². The van der Waals surface area contributed by atoms with Crippen LogP contribution < -0.4 is 14.8 Å². The third kappa shape index (κ3) is 4.18. The highest BCUT2D eigenvalue weighted by molar-refractivity contribution is 5.74. The van der Waals surface area contributed by atoms with Crippen LogP contribution in [0.2, 0.25) is 0 Å². The molecule has 0 aliphatic heterocycles. The van der Waals surface area contributed by atoms with Gasteiger partial charge in [-0.3, -0.25) is 0 Å². The van der Waals surface area contributed by atoms with E-state index in [-0.39, 0.29) is 12.1 Å². The minimum Gasteiger partial charge on any atom is -0.497 e. The van der Waals surface area contributed by atoms with Crippen molar-refractivity contribution in [2.24, 2.45) is 0 Å². The largest absolute Gasteiger partial charge is 0.497 e. The van der Waals surface area contributed by atoms with E-state index in [1.54, 1.807) is 32.4 Å². The lowest BCUT2D eigenvalue weighted by molar-refractivity contribution is 0.202. The SMILES string of the molecule is COc1ccc(OC)c([C@H](C)NC(=O)N(C)Cc2ncc(C)[nH]2)c1. The minimum atomic E-state index is -0.233. The van der Waals surface area contributed by atoms with E-state index in [0.717, 1.165) is 17.1 Å². The maximum Gasteiger partial charge on any atom is 0.318 e. The van der Waals surface area contributed by atoms with Gasteiger partial charge in [-0.05, 0) is 32.0 Å². The van der Waals surface area contributed by atoms with Crippen molar-refractivity contribution in [2.75, 3.05) is 21.3 Å². The first kappa shape index (κ1) is 17.7. The maximum atomic E-state index is 12.4. The van der Waals surface area contributed by atoms with E-state index in [4.69, 9.17) is 9.47 Å². The van der Waals surface area contributed by atoms with Gasteiger partial charge in [0.05, 0.1) is 26.8 Å². The number of ether oxygens (including phenoxy) is 2. The van der Waals surface area contributed by atoms with E-state index < -0.39 is 0 Å². The number of rotatable bonds is 6. The van der Waals surface area contributed by atoms with Crippen LogP contribution in [0.4, 0.5) is 4.79 Å². The second-order valence-electron chi connectivity index (χ2n) is 5.65. The van der Waals surface area contributed by atoms with Gasteiger partial charge in [-0.2, -0.15) is 0 Å². The molecule has 1 atom stereocenters. The fourth-order valence-corrected chi connectivity index (χ4v) is 2.39. The van der Waals surface area contributed by atoms with E-state index in [0.29, 0.717) is 18.0 Å². The van der Waals surface area contributed by atoms with Gasteiger partial charge in [-0.1, -0.05) is 0 Å². The van der Waals surface area contributed by atoms with Gasteiger partial charge in [0, 0.05) is 24.5 Å². The lowest BCUT2D eigenvalue weighted by atomic mass is 10.1.